The molecule has 0 aliphatic heterocycles. The molecule has 0 unspecified atom stereocenters. The average Bonchev–Trinajstić information content (AvgIpc) is 3.03. The van der Waals surface area contributed by atoms with E-state index in [0.29, 0.717) is 23.6 Å². The van der Waals surface area contributed by atoms with Crippen LogP contribution in [0.1, 0.15) is 35.5 Å². The van der Waals surface area contributed by atoms with Crippen LogP contribution in [0.2, 0.25) is 0 Å². The van der Waals surface area contributed by atoms with Gasteiger partial charge in [-0.25, -0.2) is 0 Å². The highest BCUT2D eigenvalue weighted by Gasteiger charge is 2.21. The Balaban J connectivity index is 1.70. The van der Waals surface area contributed by atoms with Gasteiger partial charge in [0.25, 0.3) is 5.91 Å². The maximum absolute atomic E-state index is 12.7. The molecule has 0 atom stereocenters. The molecule has 0 fully saturated rings. The van der Waals surface area contributed by atoms with Gasteiger partial charge >= 0.3 is 0 Å². The number of nitrogens with zero attached hydrogens (tertiary/aromatic N) is 2. The van der Waals surface area contributed by atoms with Crippen LogP contribution in [-0.2, 0) is 6.54 Å². The first kappa shape index (κ1) is 17.7. The second kappa shape index (κ2) is 7.82. The highest BCUT2D eigenvalue weighted by molar-refractivity contribution is 6.00. The lowest BCUT2D eigenvalue weighted by Gasteiger charge is -2.10. The lowest BCUT2D eigenvalue weighted by molar-refractivity contribution is 0.0950. The van der Waals surface area contributed by atoms with Crippen LogP contribution in [-0.4, -0.2) is 22.2 Å². The van der Waals surface area contributed by atoms with Crippen molar-refractivity contribution < 1.29 is 14.1 Å². The van der Waals surface area contributed by atoms with Crippen molar-refractivity contribution in [3.63, 3.8) is 0 Å². The van der Waals surface area contributed by atoms with E-state index in [9.17, 15) is 4.79 Å². The average molecular weight is 351 g/mol. The summed E-state index contributed by atoms with van der Waals surface area (Å²) in [6.45, 7) is 6.09. The number of pyridine rings is 1. The van der Waals surface area contributed by atoms with Crippen LogP contribution < -0.4 is 10.1 Å². The third-order valence-corrected chi connectivity index (χ3v) is 3.79. The van der Waals surface area contributed by atoms with E-state index >= 15 is 0 Å². The normalized spacial score (nSPS) is 10.8. The van der Waals surface area contributed by atoms with Crippen LogP contribution in [0, 0.1) is 6.92 Å². The number of rotatable bonds is 6. The van der Waals surface area contributed by atoms with Crippen LogP contribution in [0.15, 0.2) is 53.3 Å². The van der Waals surface area contributed by atoms with Gasteiger partial charge in [-0.15, -0.1) is 0 Å². The summed E-state index contributed by atoms with van der Waals surface area (Å²) in [5, 5.41) is 6.94. The number of hydrogen-bond donors (Lipinski definition) is 1. The Morgan fingerprint density at radius 2 is 1.85 bits per heavy atom. The molecule has 0 saturated carbocycles. The summed E-state index contributed by atoms with van der Waals surface area (Å²) in [6.07, 6.45) is 3.44. The lowest BCUT2D eigenvalue weighted by Crippen LogP contribution is -2.23. The quantitative estimate of drug-likeness (QED) is 0.731. The Kier molecular flexibility index (Phi) is 5.31. The van der Waals surface area contributed by atoms with Crippen LogP contribution >= 0.6 is 0 Å². The second-order valence-electron chi connectivity index (χ2n) is 6.19. The largest absolute Gasteiger partial charge is 0.491 e. The molecule has 6 heteroatoms. The number of amides is 1. The van der Waals surface area contributed by atoms with Gasteiger partial charge < -0.3 is 14.6 Å². The number of ether oxygens (including phenoxy) is 1. The summed E-state index contributed by atoms with van der Waals surface area (Å²) < 4.78 is 10.8. The Morgan fingerprint density at radius 3 is 2.50 bits per heavy atom. The first-order valence-electron chi connectivity index (χ1n) is 8.45. The number of aryl methyl sites for hydroxylation is 1. The van der Waals surface area contributed by atoms with Crippen molar-refractivity contribution in [3.05, 3.63) is 65.7 Å². The number of nitrogens with one attached hydrogen (secondary N) is 1. The van der Waals surface area contributed by atoms with Crippen LogP contribution in [0.5, 0.6) is 5.75 Å². The second-order valence-corrected chi connectivity index (χ2v) is 6.19. The van der Waals surface area contributed by atoms with E-state index in [2.05, 4.69) is 15.5 Å². The van der Waals surface area contributed by atoms with E-state index in [1.54, 1.807) is 31.5 Å². The summed E-state index contributed by atoms with van der Waals surface area (Å²) in [4.78, 5) is 16.6. The zero-order valence-electron chi connectivity index (χ0n) is 15.0. The van der Waals surface area contributed by atoms with Crippen LogP contribution in [0.25, 0.3) is 11.3 Å². The highest BCUT2D eigenvalue weighted by Crippen LogP contribution is 2.24. The molecule has 1 N–H and O–H groups in total. The maximum atomic E-state index is 12.7. The summed E-state index contributed by atoms with van der Waals surface area (Å²) >= 11 is 0. The predicted octanol–water partition coefficient (Wildman–Crippen LogP) is 3.76. The fraction of sp³-hybridized carbons (Fsp3) is 0.250. The molecular weight excluding hydrogens is 330 g/mol. The fourth-order valence-corrected chi connectivity index (χ4v) is 2.58. The third kappa shape index (κ3) is 4.08. The SMILES string of the molecule is Cc1onc(-c2ccncc2)c1C(=O)NCc1ccc(OC(C)C)cc1. The van der Waals surface area contributed by atoms with Gasteiger partial charge in [0.2, 0.25) is 0 Å². The Labute approximate surface area is 152 Å². The fourth-order valence-electron chi connectivity index (χ4n) is 2.58. The van der Waals surface area contributed by atoms with Crippen LogP contribution in [0.3, 0.4) is 0 Å². The topological polar surface area (TPSA) is 77.2 Å². The van der Waals surface area contributed by atoms with E-state index in [0.717, 1.165) is 16.9 Å². The number of hydrogen-bond acceptors (Lipinski definition) is 5. The molecule has 0 spiro atoms. The van der Waals surface area contributed by atoms with Crippen molar-refractivity contribution in [1.29, 1.82) is 0 Å². The molecule has 2 heterocycles. The summed E-state index contributed by atoms with van der Waals surface area (Å²) in [6, 6.07) is 11.2. The molecule has 0 radical (unpaired) electrons. The molecule has 3 rings (SSSR count). The predicted molar refractivity (Wildman–Crippen MR) is 97.8 cm³/mol. The minimum absolute atomic E-state index is 0.128. The maximum Gasteiger partial charge on any atom is 0.257 e. The van der Waals surface area contributed by atoms with Gasteiger partial charge in [0, 0.05) is 24.5 Å². The van der Waals surface area contributed by atoms with Crippen molar-refractivity contribution in [2.24, 2.45) is 0 Å². The molecule has 0 saturated heterocycles. The number of benzene rings is 1. The smallest absolute Gasteiger partial charge is 0.257 e. The minimum Gasteiger partial charge on any atom is -0.491 e. The number of carbonyl (C=O) groups excluding carboxylic acids is 1. The lowest BCUT2D eigenvalue weighted by atomic mass is 10.1. The monoisotopic (exact) mass is 351 g/mol. The Hall–Kier alpha value is -3.15. The first-order chi connectivity index (χ1) is 12.5. The molecule has 134 valence electrons. The summed E-state index contributed by atoms with van der Waals surface area (Å²) in [7, 11) is 0. The van der Waals surface area contributed by atoms with E-state index < -0.39 is 0 Å². The van der Waals surface area contributed by atoms with Gasteiger partial charge in [-0.1, -0.05) is 17.3 Å². The molecule has 3 aromatic rings. The third-order valence-electron chi connectivity index (χ3n) is 3.79. The number of aromatic nitrogens is 2. The summed E-state index contributed by atoms with van der Waals surface area (Å²) in [5.74, 6) is 1.07. The molecule has 0 aliphatic rings. The molecular formula is C20H21N3O3. The Bertz CT molecular complexity index is 871. The number of carbonyl (C=O) groups is 1. The molecule has 0 bridgehead atoms. The molecule has 2 aromatic heterocycles. The molecule has 1 aromatic carbocycles. The Morgan fingerprint density at radius 1 is 1.15 bits per heavy atom. The zero-order chi connectivity index (χ0) is 18.5. The molecule has 1 amide bonds. The van der Waals surface area contributed by atoms with Gasteiger partial charge in [-0.3, -0.25) is 9.78 Å². The first-order valence-corrected chi connectivity index (χ1v) is 8.45. The standard InChI is InChI=1S/C20H21N3O3/c1-13(2)25-17-6-4-15(5-7-17)12-22-20(24)18-14(3)26-23-19(18)16-8-10-21-11-9-16/h4-11,13H,12H2,1-3H3,(H,22,24). The van der Waals surface area contributed by atoms with Gasteiger partial charge in [-0.2, -0.15) is 0 Å². The van der Waals surface area contributed by atoms with E-state index in [1.807, 2.05) is 38.1 Å². The zero-order valence-corrected chi connectivity index (χ0v) is 15.0. The van der Waals surface area contributed by atoms with E-state index in [-0.39, 0.29) is 12.0 Å². The van der Waals surface area contributed by atoms with Gasteiger partial charge in [0.1, 0.15) is 22.8 Å². The molecule has 6 nitrogen and oxygen atoms in total. The highest BCUT2D eigenvalue weighted by atomic mass is 16.5. The van der Waals surface area contributed by atoms with Crippen LogP contribution in [0.4, 0.5) is 0 Å². The van der Waals surface area contributed by atoms with E-state index in [4.69, 9.17) is 9.26 Å². The van der Waals surface area contributed by atoms with Gasteiger partial charge in [0.15, 0.2) is 0 Å². The molecule has 0 aliphatic carbocycles. The van der Waals surface area contributed by atoms with E-state index in [1.165, 1.54) is 0 Å². The van der Waals surface area contributed by atoms with Crippen molar-refractivity contribution in [3.8, 4) is 17.0 Å². The minimum atomic E-state index is -0.224. The summed E-state index contributed by atoms with van der Waals surface area (Å²) in [5.41, 5.74) is 2.73. The van der Waals surface area contributed by atoms with Gasteiger partial charge in [-0.05, 0) is 50.6 Å². The van der Waals surface area contributed by atoms with Gasteiger partial charge in [0.05, 0.1) is 6.10 Å². The van der Waals surface area contributed by atoms with Crippen molar-refractivity contribution in [2.75, 3.05) is 0 Å². The molecule has 26 heavy (non-hydrogen) atoms. The van der Waals surface area contributed by atoms with Crippen molar-refractivity contribution in [2.45, 2.75) is 33.4 Å². The van der Waals surface area contributed by atoms with Crippen molar-refractivity contribution >= 4 is 5.91 Å². The van der Waals surface area contributed by atoms with Crippen molar-refractivity contribution in [1.82, 2.24) is 15.5 Å².